The number of rotatable bonds is 6. The second kappa shape index (κ2) is 7.83. The number of carbonyl (C=O) groups is 2. The number of carbonyl (C=O) groups excluding carboxylic acids is 1. The number of hydrogen-bond acceptors (Lipinski definition) is 7. The highest BCUT2D eigenvalue weighted by Crippen LogP contribution is 2.33. The summed E-state index contributed by atoms with van der Waals surface area (Å²) in [6.45, 7) is 1.34. The molecule has 11 nitrogen and oxygen atoms in total. The maximum absolute atomic E-state index is 12.7. The number of ether oxygens (including phenoxy) is 1. The molecule has 1 saturated heterocycles. The minimum atomic E-state index is -1.07. The summed E-state index contributed by atoms with van der Waals surface area (Å²) in [5, 5.41) is 26.7. The Kier molecular flexibility index (Phi) is 5.31. The largest absolute Gasteiger partial charge is 0.480 e. The van der Waals surface area contributed by atoms with Crippen LogP contribution < -0.4 is 10.2 Å². The number of amides is 1. The molecule has 0 aliphatic carbocycles. The molecule has 0 saturated carbocycles. The van der Waals surface area contributed by atoms with E-state index in [0.29, 0.717) is 26.3 Å². The van der Waals surface area contributed by atoms with Crippen LogP contribution in [0.2, 0.25) is 0 Å². The van der Waals surface area contributed by atoms with E-state index in [1.807, 2.05) is 0 Å². The number of nitro benzene ring substituents is 1. The Morgan fingerprint density at radius 3 is 2.70 bits per heavy atom. The van der Waals surface area contributed by atoms with Crippen LogP contribution in [0.1, 0.15) is 10.4 Å². The quantitative estimate of drug-likeness (QED) is 0.562. The van der Waals surface area contributed by atoms with Crippen molar-refractivity contribution in [2.24, 2.45) is 0 Å². The van der Waals surface area contributed by atoms with E-state index >= 15 is 0 Å². The zero-order valence-electron chi connectivity index (χ0n) is 14.2. The van der Waals surface area contributed by atoms with Gasteiger partial charge in [-0.1, -0.05) is 6.07 Å². The smallest absolute Gasteiger partial charge is 0.325 e. The molecule has 0 unspecified atom stereocenters. The third kappa shape index (κ3) is 4.20. The number of nitro groups is 1. The standard InChI is InChI=1S/C16H17N5O6/c22-14(23)10-20-5-4-13(18-20)17-16(24)11-2-1-3-12(21(25)26)15(11)19-6-8-27-9-7-19/h1-5H,6-10H2,(H,22,23)(H,17,18,24). The summed E-state index contributed by atoms with van der Waals surface area (Å²) in [5.74, 6) is -1.48. The Bertz CT molecular complexity index is 874. The average Bonchev–Trinajstić information content (AvgIpc) is 3.07. The number of nitrogens with one attached hydrogen (secondary N) is 1. The first-order valence-electron chi connectivity index (χ1n) is 8.12. The normalized spacial score (nSPS) is 14.0. The number of hydrogen-bond donors (Lipinski definition) is 2. The van der Waals surface area contributed by atoms with Gasteiger partial charge in [-0.3, -0.25) is 24.4 Å². The molecule has 0 atom stereocenters. The highest BCUT2D eigenvalue weighted by Gasteiger charge is 2.27. The highest BCUT2D eigenvalue weighted by molar-refractivity contribution is 6.09. The van der Waals surface area contributed by atoms with E-state index in [9.17, 15) is 19.7 Å². The van der Waals surface area contributed by atoms with E-state index in [4.69, 9.17) is 9.84 Å². The fourth-order valence-electron chi connectivity index (χ4n) is 2.82. The third-order valence-electron chi connectivity index (χ3n) is 3.96. The van der Waals surface area contributed by atoms with Gasteiger partial charge in [-0.15, -0.1) is 0 Å². The van der Waals surface area contributed by atoms with Crippen LogP contribution >= 0.6 is 0 Å². The summed E-state index contributed by atoms with van der Waals surface area (Å²) in [5.41, 5.74) is 0.202. The molecule has 0 bridgehead atoms. The molecule has 1 aromatic heterocycles. The van der Waals surface area contributed by atoms with E-state index < -0.39 is 16.8 Å². The minimum absolute atomic E-state index is 0.138. The summed E-state index contributed by atoms with van der Waals surface area (Å²) < 4.78 is 6.44. The topological polar surface area (TPSA) is 140 Å². The lowest BCUT2D eigenvalue weighted by Gasteiger charge is -2.29. The van der Waals surface area contributed by atoms with E-state index in [2.05, 4.69) is 10.4 Å². The first-order chi connectivity index (χ1) is 13.0. The van der Waals surface area contributed by atoms with Crippen molar-refractivity contribution < 1.29 is 24.4 Å². The second-order valence-corrected chi connectivity index (χ2v) is 5.78. The predicted octanol–water partition coefficient (Wildman–Crippen LogP) is 0.965. The summed E-state index contributed by atoms with van der Waals surface area (Å²) >= 11 is 0. The van der Waals surface area contributed by atoms with Crippen LogP contribution in [-0.4, -0.2) is 58.0 Å². The van der Waals surface area contributed by atoms with Crippen molar-refractivity contribution in [3.63, 3.8) is 0 Å². The van der Waals surface area contributed by atoms with E-state index in [1.165, 1.54) is 30.5 Å². The lowest BCUT2D eigenvalue weighted by atomic mass is 10.1. The van der Waals surface area contributed by atoms with E-state index in [0.717, 1.165) is 4.68 Å². The maximum Gasteiger partial charge on any atom is 0.325 e. The van der Waals surface area contributed by atoms with Crippen LogP contribution in [0, 0.1) is 10.1 Å². The van der Waals surface area contributed by atoms with Gasteiger partial charge in [0.1, 0.15) is 12.2 Å². The van der Waals surface area contributed by atoms with Gasteiger partial charge in [0.25, 0.3) is 11.6 Å². The molecule has 0 spiro atoms. The molecule has 2 heterocycles. The summed E-state index contributed by atoms with van der Waals surface area (Å²) in [4.78, 5) is 36.1. The Labute approximate surface area is 153 Å². The Balaban J connectivity index is 1.89. The number of morpholine rings is 1. The van der Waals surface area contributed by atoms with Gasteiger partial charge in [0.2, 0.25) is 0 Å². The number of aromatic nitrogens is 2. The van der Waals surface area contributed by atoms with Crippen LogP contribution in [-0.2, 0) is 16.1 Å². The number of nitrogens with zero attached hydrogens (tertiary/aromatic N) is 4. The number of carboxylic acids is 1. The molecular formula is C16H17N5O6. The fourth-order valence-corrected chi connectivity index (χ4v) is 2.82. The van der Waals surface area contributed by atoms with Crippen molar-refractivity contribution in [3.05, 3.63) is 46.1 Å². The number of para-hydroxylation sites is 1. The fraction of sp³-hybridized carbons (Fsp3) is 0.312. The van der Waals surface area contributed by atoms with Gasteiger partial charge < -0.3 is 20.1 Å². The highest BCUT2D eigenvalue weighted by atomic mass is 16.6. The number of aliphatic carboxylic acids is 1. The van der Waals surface area contributed by atoms with E-state index in [1.54, 1.807) is 4.90 Å². The summed E-state index contributed by atoms with van der Waals surface area (Å²) in [6.07, 6.45) is 1.42. The van der Waals surface area contributed by atoms with Crippen LogP contribution in [0.25, 0.3) is 0 Å². The van der Waals surface area contributed by atoms with Gasteiger partial charge in [-0.25, -0.2) is 0 Å². The Morgan fingerprint density at radius 2 is 2.04 bits per heavy atom. The van der Waals surface area contributed by atoms with Crippen molar-refractivity contribution >= 4 is 29.1 Å². The summed E-state index contributed by atoms with van der Waals surface area (Å²) in [7, 11) is 0. The van der Waals surface area contributed by atoms with Gasteiger partial charge in [0, 0.05) is 31.4 Å². The van der Waals surface area contributed by atoms with Gasteiger partial charge >= 0.3 is 5.97 Å². The molecule has 142 valence electrons. The first-order valence-corrected chi connectivity index (χ1v) is 8.12. The second-order valence-electron chi connectivity index (χ2n) is 5.78. The molecule has 3 rings (SSSR count). The molecular weight excluding hydrogens is 358 g/mol. The lowest BCUT2D eigenvalue weighted by Crippen LogP contribution is -2.37. The van der Waals surface area contributed by atoms with Crippen molar-refractivity contribution in [2.75, 3.05) is 36.5 Å². The number of benzene rings is 1. The Hall–Kier alpha value is -3.47. The molecule has 1 aliphatic heterocycles. The molecule has 1 amide bonds. The van der Waals surface area contributed by atoms with Crippen LogP contribution in [0.4, 0.5) is 17.2 Å². The lowest BCUT2D eigenvalue weighted by molar-refractivity contribution is -0.384. The molecule has 2 N–H and O–H groups in total. The van der Waals surface area contributed by atoms with E-state index in [-0.39, 0.29) is 29.3 Å². The Morgan fingerprint density at radius 1 is 1.30 bits per heavy atom. The maximum atomic E-state index is 12.7. The monoisotopic (exact) mass is 375 g/mol. The molecule has 1 aromatic carbocycles. The molecule has 1 aliphatic rings. The minimum Gasteiger partial charge on any atom is -0.480 e. The third-order valence-corrected chi connectivity index (χ3v) is 3.96. The first kappa shape index (κ1) is 18.3. The zero-order valence-corrected chi connectivity index (χ0v) is 14.2. The number of carboxylic acid groups (broad SMARTS) is 1. The van der Waals surface area contributed by atoms with Crippen molar-refractivity contribution in [1.82, 2.24) is 9.78 Å². The molecule has 2 aromatic rings. The molecule has 27 heavy (non-hydrogen) atoms. The van der Waals surface area contributed by atoms with Gasteiger partial charge in [0.15, 0.2) is 5.82 Å². The summed E-state index contributed by atoms with van der Waals surface area (Å²) in [6, 6.07) is 5.75. The SMILES string of the molecule is O=C(O)Cn1ccc(NC(=O)c2cccc([N+](=O)[O-])c2N2CCOCC2)n1. The van der Waals surface area contributed by atoms with Crippen molar-refractivity contribution in [3.8, 4) is 0 Å². The number of anilines is 2. The van der Waals surface area contributed by atoms with Crippen molar-refractivity contribution in [2.45, 2.75) is 6.54 Å². The zero-order chi connectivity index (χ0) is 19.4. The average molecular weight is 375 g/mol. The van der Waals surface area contributed by atoms with Gasteiger partial charge in [0.05, 0.1) is 23.7 Å². The van der Waals surface area contributed by atoms with Gasteiger partial charge in [-0.05, 0) is 6.07 Å². The van der Waals surface area contributed by atoms with Crippen LogP contribution in [0.15, 0.2) is 30.5 Å². The predicted molar refractivity (Wildman–Crippen MR) is 93.9 cm³/mol. The molecule has 1 fully saturated rings. The van der Waals surface area contributed by atoms with Crippen LogP contribution in [0.3, 0.4) is 0 Å². The van der Waals surface area contributed by atoms with Crippen LogP contribution in [0.5, 0.6) is 0 Å². The van der Waals surface area contributed by atoms with Crippen molar-refractivity contribution in [1.29, 1.82) is 0 Å². The molecule has 0 radical (unpaired) electrons. The molecule has 11 heteroatoms. The van der Waals surface area contributed by atoms with Gasteiger partial charge in [-0.2, -0.15) is 5.10 Å².